The maximum absolute atomic E-state index is 9.35. The summed E-state index contributed by atoms with van der Waals surface area (Å²) in [6, 6.07) is 7.46. The smallest absolute Gasteiger partial charge is 0.115 e. The molecule has 1 aromatic carbocycles. The molecule has 1 aliphatic heterocycles. The highest BCUT2D eigenvalue weighted by Crippen LogP contribution is 2.33. The van der Waals surface area contributed by atoms with Crippen LogP contribution in [0.15, 0.2) is 24.3 Å². The summed E-state index contributed by atoms with van der Waals surface area (Å²) >= 11 is 0. The summed E-state index contributed by atoms with van der Waals surface area (Å²) in [5, 5.41) is 9.35. The van der Waals surface area contributed by atoms with Gasteiger partial charge in [-0.05, 0) is 24.1 Å². The van der Waals surface area contributed by atoms with Crippen LogP contribution in [-0.4, -0.2) is 18.3 Å². The molecule has 0 saturated carbocycles. The summed E-state index contributed by atoms with van der Waals surface area (Å²) < 4.78 is 5.37. The van der Waals surface area contributed by atoms with Crippen molar-refractivity contribution in [2.24, 2.45) is 0 Å². The quantitative estimate of drug-likeness (QED) is 0.713. The Morgan fingerprint density at radius 3 is 2.92 bits per heavy atom. The second-order valence-electron chi connectivity index (χ2n) is 3.91. The normalized spacial score (nSPS) is 27.8. The molecule has 1 saturated heterocycles. The molecule has 1 fully saturated rings. The van der Waals surface area contributed by atoms with Crippen LogP contribution in [0.3, 0.4) is 0 Å². The number of phenols is 1. The molecule has 1 atom stereocenters. The molecule has 1 aromatic rings. The first-order valence-corrected chi connectivity index (χ1v) is 4.58. The van der Waals surface area contributed by atoms with Gasteiger partial charge in [0.15, 0.2) is 0 Å². The van der Waals surface area contributed by atoms with Crippen molar-refractivity contribution in [2.45, 2.75) is 18.8 Å². The molecule has 0 radical (unpaired) electrons. The lowest BCUT2D eigenvalue weighted by atomic mass is 9.82. The maximum Gasteiger partial charge on any atom is 0.115 e. The van der Waals surface area contributed by atoms with Crippen molar-refractivity contribution in [3.63, 3.8) is 0 Å². The fourth-order valence-electron chi connectivity index (χ4n) is 1.78. The average Bonchev–Trinajstić information content (AvgIpc) is 2.54. The van der Waals surface area contributed by atoms with Gasteiger partial charge in [0.05, 0.1) is 6.61 Å². The van der Waals surface area contributed by atoms with E-state index in [9.17, 15) is 5.11 Å². The largest absolute Gasteiger partial charge is 0.508 e. The van der Waals surface area contributed by atoms with Crippen molar-refractivity contribution >= 4 is 0 Å². The molecule has 1 unspecified atom stereocenters. The Kier molecular flexibility index (Phi) is 2.00. The van der Waals surface area contributed by atoms with Crippen LogP contribution in [-0.2, 0) is 10.2 Å². The van der Waals surface area contributed by atoms with Crippen LogP contribution in [0.25, 0.3) is 0 Å². The third-order valence-corrected chi connectivity index (χ3v) is 2.76. The van der Waals surface area contributed by atoms with Crippen LogP contribution in [0, 0.1) is 0 Å². The van der Waals surface area contributed by atoms with Gasteiger partial charge in [-0.3, -0.25) is 0 Å². The Labute approximate surface area is 78.2 Å². The minimum Gasteiger partial charge on any atom is -0.508 e. The van der Waals surface area contributed by atoms with E-state index < -0.39 is 0 Å². The lowest BCUT2D eigenvalue weighted by Crippen LogP contribution is -2.21. The molecule has 2 rings (SSSR count). The molecule has 13 heavy (non-hydrogen) atoms. The molecule has 0 aromatic heterocycles. The molecule has 1 N–H and O–H groups in total. The van der Waals surface area contributed by atoms with E-state index in [0.717, 1.165) is 19.6 Å². The fourth-order valence-corrected chi connectivity index (χ4v) is 1.78. The minimum absolute atomic E-state index is 0.0960. The van der Waals surface area contributed by atoms with Crippen LogP contribution in [0.4, 0.5) is 0 Å². The molecule has 0 bridgehead atoms. The van der Waals surface area contributed by atoms with Crippen molar-refractivity contribution in [1.29, 1.82) is 0 Å². The van der Waals surface area contributed by atoms with Gasteiger partial charge in [-0.1, -0.05) is 19.1 Å². The van der Waals surface area contributed by atoms with Gasteiger partial charge in [-0.2, -0.15) is 0 Å². The van der Waals surface area contributed by atoms with E-state index in [1.54, 1.807) is 6.07 Å². The first-order chi connectivity index (χ1) is 6.21. The predicted molar refractivity (Wildman–Crippen MR) is 50.9 cm³/mol. The van der Waals surface area contributed by atoms with E-state index in [1.165, 1.54) is 5.56 Å². The van der Waals surface area contributed by atoms with Gasteiger partial charge in [-0.15, -0.1) is 0 Å². The summed E-state index contributed by atoms with van der Waals surface area (Å²) in [6.45, 7) is 3.76. The number of phenolic OH excluding ortho intramolecular Hbond substituents is 1. The fraction of sp³-hybridized carbons (Fsp3) is 0.455. The zero-order valence-electron chi connectivity index (χ0n) is 7.79. The molecule has 2 heteroatoms. The second-order valence-corrected chi connectivity index (χ2v) is 3.91. The summed E-state index contributed by atoms with van der Waals surface area (Å²) in [7, 11) is 0. The van der Waals surface area contributed by atoms with Gasteiger partial charge < -0.3 is 9.84 Å². The number of ether oxygens (including phenoxy) is 1. The van der Waals surface area contributed by atoms with E-state index in [1.807, 2.05) is 12.1 Å². The zero-order chi connectivity index (χ0) is 9.31. The Morgan fingerprint density at radius 1 is 1.46 bits per heavy atom. The van der Waals surface area contributed by atoms with Crippen LogP contribution < -0.4 is 0 Å². The van der Waals surface area contributed by atoms with Gasteiger partial charge in [-0.25, -0.2) is 0 Å². The van der Waals surface area contributed by atoms with Gasteiger partial charge >= 0.3 is 0 Å². The van der Waals surface area contributed by atoms with Crippen molar-refractivity contribution in [2.75, 3.05) is 13.2 Å². The zero-order valence-corrected chi connectivity index (χ0v) is 7.79. The lowest BCUT2D eigenvalue weighted by molar-refractivity contribution is 0.181. The molecular formula is C11H14O2. The molecule has 0 amide bonds. The summed E-state index contributed by atoms with van der Waals surface area (Å²) in [5.41, 5.74) is 1.27. The first kappa shape index (κ1) is 8.57. The molecule has 1 heterocycles. The number of aromatic hydroxyl groups is 1. The number of hydrogen-bond acceptors (Lipinski definition) is 2. The molecular weight excluding hydrogens is 164 g/mol. The Bertz CT molecular complexity index is 301. The van der Waals surface area contributed by atoms with Crippen molar-refractivity contribution in [3.8, 4) is 5.75 Å². The van der Waals surface area contributed by atoms with E-state index in [0.29, 0.717) is 5.75 Å². The van der Waals surface area contributed by atoms with Crippen molar-refractivity contribution in [3.05, 3.63) is 29.8 Å². The van der Waals surface area contributed by atoms with Gasteiger partial charge in [0, 0.05) is 12.0 Å². The Hall–Kier alpha value is -1.02. The maximum atomic E-state index is 9.35. The topological polar surface area (TPSA) is 29.5 Å². The van der Waals surface area contributed by atoms with Crippen LogP contribution in [0.5, 0.6) is 5.75 Å². The van der Waals surface area contributed by atoms with E-state index in [2.05, 4.69) is 13.0 Å². The molecule has 70 valence electrons. The number of benzene rings is 1. The van der Waals surface area contributed by atoms with Crippen molar-refractivity contribution < 1.29 is 9.84 Å². The highest BCUT2D eigenvalue weighted by Gasteiger charge is 2.31. The van der Waals surface area contributed by atoms with E-state index >= 15 is 0 Å². The van der Waals surface area contributed by atoms with Crippen LogP contribution in [0.2, 0.25) is 0 Å². The minimum atomic E-state index is 0.0960. The summed E-state index contributed by atoms with van der Waals surface area (Å²) in [5.74, 6) is 0.339. The summed E-state index contributed by atoms with van der Waals surface area (Å²) in [4.78, 5) is 0. The lowest BCUT2D eigenvalue weighted by Gasteiger charge is -2.22. The third kappa shape index (κ3) is 1.54. The third-order valence-electron chi connectivity index (χ3n) is 2.76. The van der Waals surface area contributed by atoms with Gasteiger partial charge in [0.2, 0.25) is 0 Å². The molecule has 1 aliphatic rings. The standard InChI is InChI=1S/C11H14O2/c1-11(5-6-13-8-11)9-3-2-4-10(12)7-9/h2-4,7,12H,5-6,8H2,1H3. The van der Waals surface area contributed by atoms with Crippen molar-refractivity contribution in [1.82, 2.24) is 0 Å². The summed E-state index contributed by atoms with van der Waals surface area (Å²) in [6.07, 6.45) is 1.04. The second kappa shape index (κ2) is 3.04. The molecule has 0 aliphatic carbocycles. The highest BCUT2D eigenvalue weighted by atomic mass is 16.5. The Balaban J connectivity index is 2.33. The average molecular weight is 178 g/mol. The van der Waals surface area contributed by atoms with E-state index in [-0.39, 0.29) is 5.41 Å². The molecule has 0 spiro atoms. The van der Waals surface area contributed by atoms with Gasteiger partial charge in [0.25, 0.3) is 0 Å². The van der Waals surface area contributed by atoms with Gasteiger partial charge in [0.1, 0.15) is 5.75 Å². The first-order valence-electron chi connectivity index (χ1n) is 4.58. The monoisotopic (exact) mass is 178 g/mol. The Morgan fingerprint density at radius 2 is 2.31 bits per heavy atom. The highest BCUT2D eigenvalue weighted by molar-refractivity contribution is 5.33. The number of rotatable bonds is 1. The van der Waals surface area contributed by atoms with Crippen LogP contribution in [0.1, 0.15) is 18.9 Å². The molecule has 2 nitrogen and oxygen atoms in total. The van der Waals surface area contributed by atoms with Crippen LogP contribution >= 0.6 is 0 Å². The number of hydrogen-bond donors (Lipinski definition) is 1. The predicted octanol–water partition coefficient (Wildman–Crippen LogP) is 2.07. The van der Waals surface area contributed by atoms with E-state index in [4.69, 9.17) is 4.74 Å². The SMILES string of the molecule is CC1(c2cccc(O)c2)CCOC1.